The molecule has 2 aromatic carbocycles. The lowest BCUT2D eigenvalue weighted by Gasteiger charge is -2.41. The molecule has 2 aliphatic heterocycles. The normalized spacial score (nSPS) is 17.0. The second kappa shape index (κ2) is 8.34. The molecule has 0 atom stereocenters. The Kier molecular flexibility index (Phi) is 5.61. The molecule has 4 rings (SSSR count). The molecule has 0 radical (unpaired) electrons. The van der Waals surface area contributed by atoms with Crippen LogP contribution in [0.15, 0.2) is 36.4 Å². The quantitative estimate of drug-likeness (QED) is 0.772. The highest BCUT2D eigenvalue weighted by atomic mass is 19.1. The second-order valence-corrected chi connectivity index (χ2v) is 7.63. The Labute approximate surface area is 175 Å². The minimum absolute atomic E-state index is 0.00354. The number of ether oxygens (including phenoxy) is 2. The van der Waals surface area contributed by atoms with Crippen LogP contribution >= 0.6 is 0 Å². The van der Waals surface area contributed by atoms with Crippen molar-refractivity contribution in [3.63, 3.8) is 0 Å². The number of aryl methyl sites for hydroxylation is 1. The van der Waals surface area contributed by atoms with Gasteiger partial charge in [0.2, 0.25) is 5.91 Å². The van der Waals surface area contributed by atoms with E-state index in [1.807, 2.05) is 4.90 Å². The van der Waals surface area contributed by atoms with Gasteiger partial charge in [-0.1, -0.05) is 0 Å². The van der Waals surface area contributed by atoms with Gasteiger partial charge < -0.3 is 19.3 Å². The molecule has 0 aromatic heterocycles. The molecule has 0 N–H and O–H groups in total. The molecule has 0 saturated carbocycles. The molecule has 2 amide bonds. The first-order valence-corrected chi connectivity index (χ1v) is 10.1. The zero-order valence-corrected chi connectivity index (χ0v) is 17.2. The highest BCUT2D eigenvalue weighted by Crippen LogP contribution is 2.34. The van der Waals surface area contributed by atoms with Gasteiger partial charge in [-0.15, -0.1) is 0 Å². The van der Waals surface area contributed by atoms with Crippen LogP contribution in [0.5, 0.6) is 11.5 Å². The molecule has 2 aromatic rings. The van der Waals surface area contributed by atoms with Crippen molar-refractivity contribution in [2.24, 2.45) is 0 Å². The van der Waals surface area contributed by atoms with Crippen molar-refractivity contribution < 1.29 is 23.5 Å². The zero-order chi connectivity index (χ0) is 21.3. The first kappa shape index (κ1) is 20.2. The summed E-state index contributed by atoms with van der Waals surface area (Å²) >= 11 is 0. The molecular weight excluding hydrogens is 387 g/mol. The molecule has 1 saturated heterocycles. The van der Waals surface area contributed by atoms with E-state index < -0.39 is 0 Å². The van der Waals surface area contributed by atoms with Crippen LogP contribution in [-0.2, 0) is 11.2 Å². The molecule has 2 aliphatic rings. The number of fused-ring (bicyclic) bond motifs is 1. The van der Waals surface area contributed by atoms with Gasteiger partial charge in [0.1, 0.15) is 17.3 Å². The largest absolute Gasteiger partial charge is 0.497 e. The summed E-state index contributed by atoms with van der Waals surface area (Å²) < 4.78 is 24.2. The standard InChI is InChI=1S/C23H25FN2O4/c1-29-18-5-6-19(21(14-18)30-2)23(28)25-11-9-17(10-12-25)26-20-7-4-16(24)13-15(20)3-8-22(26)27/h4-7,13-14,17H,3,8-12H2,1-2H3. The minimum atomic E-state index is -0.281. The van der Waals surface area contributed by atoms with Crippen LogP contribution < -0.4 is 14.4 Å². The van der Waals surface area contributed by atoms with E-state index in [9.17, 15) is 14.0 Å². The lowest BCUT2D eigenvalue weighted by molar-refractivity contribution is -0.119. The molecule has 0 aliphatic carbocycles. The fourth-order valence-electron chi connectivity index (χ4n) is 4.36. The van der Waals surface area contributed by atoms with Gasteiger partial charge in [-0.25, -0.2) is 4.39 Å². The number of carbonyl (C=O) groups excluding carboxylic acids is 2. The van der Waals surface area contributed by atoms with Gasteiger partial charge in [0, 0.05) is 37.3 Å². The van der Waals surface area contributed by atoms with E-state index in [1.165, 1.54) is 19.2 Å². The van der Waals surface area contributed by atoms with Gasteiger partial charge in [-0.05, 0) is 55.2 Å². The Hall–Kier alpha value is -3.09. The number of piperidine rings is 1. The van der Waals surface area contributed by atoms with Crippen LogP contribution in [-0.4, -0.2) is 50.1 Å². The average Bonchev–Trinajstić information content (AvgIpc) is 2.78. The number of benzene rings is 2. The Morgan fingerprint density at radius 1 is 1.03 bits per heavy atom. The molecule has 2 heterocycles. The lowest BCUT2D eigenvalue weighted by atomic mass is 9.95. The number of hydrogen-bond acceptors (Lipinski definition) is 4. The third kappa shape index (κ3) is 3.72. The van der Waals surface area contributed by atoms with Gasteiger partial charge in [0.05, 0.1) is 19.8 Å². The van der Waals surface area contributed by atoms with Crippen LogP contribution in [0.3, 0.4) is 0 Å². The SMILES string of the molecule is COc1ccc(C(=O)N2CCC(N3C(=O)CCc4cc(F)ccc43)CC2)c(OC)c1. The van der Waals surface area contributed by atoms with Crippen LogP contribution in [0, 0.1) is 5.82 Å². The number of methoxy groups -OCH3 is 2. The smallest absolute Gasteiger partial charge is 0.257 e. The van der Waals surface area contributed by atoms with E-state index >= 15 is 0 Å². The summed E-state index contributed by atoms with van der Waals surface area (Å²) in [5.74, 6) is 0.789. The van der Waals surface area contributed by atoms with Gasteiger partial charge in [-0.3, -0.25) is 9.59 Å². The molecule has 6 nitrogen and oxygen atoms in total. The van der Waals surface area contributed by atoms with E-state index in [0.717, 1.165) is 11.3 Å². The third-order valence-electron chi connectivity index (χ3n) is 5.93. The van der Waals surface area contributed by atoms with E-state index in [4.69, 9.17) is 9.47 Å². The Bertz CT molecular complexity index is 970. The molecule has 0 spiro atoms. The maximum atomic E-state index is 13.6. The van der Waals surface area contributed by atoms with E-state index in [2.05, 4.69) is 0 Å². The first-order valence-electron chi connectivity index (χ1n) is 10.1. The highest BCUT2D eigenvalue weighted by molar-refractivity contribution is 5.98. The molecule has 30 heavy (non-hydrogen) atoms. The van der Waals surface area contributed by atoms with Crippen LogP contribution in [0.4, 0.5) is 10.1 Å². The Morgan fingerprint density at radius 3 is 2.50 bits per heavy atom. The number of nitrogens with zero attached hydrogens (tertiary/aromatic N) is 2. The number of carbonyl (C=O) groups is 2. The van der Waals surface area contributed by atoms with Gasteiger partial charge in [0.15, 0.2) is 0 Å². The maximum absolute atomic E-state index is 13.6. The predicted molar refractivity (Wildman–Crippen MR) is 111 cm³/mol. The van der Waals surface area contributed by atoms with Crippen molar-refractivity contribution in [1.82, 2.24) is 4.90 Å². The predicted octanol–water partition coefficient (Wildman–Crippen LogP) is 3.43. The summed E-state index contributed by atoms with van der Waals surface area (Å²) in [4.78, 5) is 29.3. The van der Waals surface area contributed by atoms with Crippen molar-refractivity contribution in [3.8, 4) is 11.5 Å². The molecule has 0 bridgehead atoms. The van der Waals surface area contributed by atoms with Gasteiger partial charge in [-0.2, -0.15) is 0 Å². The summed E-state index contributed by atoms with van der Waals surface area (Å²) in [5.41, 5.74) is 2.16. The fourth-order valence-corrected chi connectivity index (χ4v) is 4.36. The number of hydrogen-bond donors (Lipinski definition) is 0. The van der Waals surface area contributed by atoms with Crippen LogP contribution in [0.2, 0.25) is 0 Å². The number of anilines is 1. The number of amides is 2. The van der Waals surface area contributed by atoms with E-state index in [0.29, 0.717) is 55.8 Å². The van der Waals surface area contributed by atoms with Crippen LogP contribution in [0.1, 0.15) is 35.2 Å². The van der Waals surface area contributed by atoms with Crippen molar-refractivity contribution in [2.45, 2.75) is 31.7 Å². The lowest BCUT2D eigenvalue weighted by Crippen LogP contribution is -2.50. The summed E-state index contributed by atoms with van der Waals surface area (Å²) in [5, 5.41) is 0. The summed E-state index contributed by atoms with van der Waals surface area (Å²) in [6.45, 7) is 1.08. The number of halogens is 1. The number of likely N-dealkylation sites (tertiary alicyclic amines) is 1. The average molecular weight is 412 g/mol. The molecule has 158 valence electrons. The minimum Gasteiger partial charge on any atom is -0.497 e. The molecule has 1 fully saturated rings. The molecule has 0 unspecified atom stereocenters. The van der Waals surface area contributed by atoms with Gasteiger partial charge >= 0.3 is 0 Å². The highest BCUT2D eigenvalue weighted by Gasteiger charge is 2.34. The molecular formula is C23H25FN2O4. The van der Waals surface area contributed by atoms with Crippen molar-refractivity contribution in [1.29, 1.82) is 0 Å². The fraction of sp³-hybridized carbons (Fsp3) is 0.391. The summed E-state index contributed by atoms with van der Waals surface area (Å²) in [6, 6.07) is 9.77. The third-order valence-corrected chi connectivity index (χ3v) is 5.93. The molecule has 7 heteroatoms. The maximum Gasteiger partial charge on any atom is 0.257 e. The second-order valence-electron chi connectivity index (χ2n) is 7.63. The van der Waals surface area contributed by atoms with Crippen molar-refractivity contribution in [3.05, 3.63) is 53.3 Å². The van der Waals surface area contributed by atoms with E-state index in [-0.39, 0.29) is 23.7 Å². The van der Waals surface area contributed by atoms with Crippen molar-refractivity contribution >= 4 is 17.5 Å². The van der Waals surface area contributed by atoms with E-state index in [1.54, 1.807) is 36.3 Å². The monoisotopic (exact) mass is 412 g/mol. The van der Waals surface area contributed by atoms with Gasteiger partial charge in [0.25, 0.3) is 5.91 Å². The Morgan fingerprint density at radius 2 is 1.80 bits per heavy atom. The Balaban J connectivity index is 1.48. The van der Waals surface area contributed by atoms with Crippen LogP contribution in [0.25, 0.3) is 0 Å². The summed E-state index contributed by atoms with van der Waals surface area (Å²) in [7, 11) is 3.09. The summed E-state index contributed by atoms with van der Waals surface area (Å²) in [6.07, 6.45) is 2.30. The zero-order valence-electron chi connectivity index (χ0n) is 17.2. The number of rotatable bonds is 4. The topological polar surface area (TPSA) is 59.1 Å². The first-order chi connectivity index (χ1) is 14.5. The van der Waals surface area contributed by atoms with Crippen molar-refractivity contribution in [2.75, 3.05) is 32.2 Å².